The Morgan fingerprint density at radius 2 is 1.52 bits per heavy atom. The van der Waals surface area contributed by atoms with Gasteiger partial charge in [-0.15, -0.1) is 0 Å². The number of hydrogen-bond donors (Lipinski definition) is 0. The minimum absolute atomic E-state index is 0.641. The van der Waals surface area contributed by atoms with E-state index in [4.69, 9.17) is 9.40 Å². The van der Waals surface area contributed by atoms with Gasteiger partial charge >= 0.3 is 0 Å². The summed E-state index contributed by atoms with van der Waals surface area (Å²) in [5.41, 5.74) is 5.97. The zero-order valence-corrected chi connectivity index (χ0v) is 14.7. The molecule has 0 aliphatic rings. The van der Waals surface area contributed by atoms with Crippen LogP contribution in [0.2, 0.25) is 0 Å². The van der Waals surface area contributed by atoms with Crippen molar-refractivity contribution < 1.29 is 4.42 Å². The molecule has 0 N–H and O–H groups in total. The first-order valence-electron chi connectivity index (χ1n) is 8.95. The molecule has 128 valence electrons. The van der Waals surface area contributed by atoms with Crippen LogP contribution >= 0.6 is 0 Å². The SMILES string of the molecule is C=Cc1ccccc1-c1ccc2ccccc2c1-c1nc2ccccc2o1. The number of benzene rings is 4. The van der Waals surface area contributed by atoms with Crippen LogP contribution < -0.4 is 0 Å². The third-order valence-electron chi connectivity index (χ3n) is 4.91. The molecule has 0 atom stereocenters. The molecule has 2 heteroatoms. The molecule has 1 aromatic heterocycles. The lowest BCUT2D eigenvalue weighted by atomic mass is 9.91. The van der Waals surface area contributed by atoms with Crippen LogP contribution in [0.5, 0.6) is 0 Å². The summed E-state index contributed by atoms with van der Waals surface area (Å²) < 4.78 is 6.16. The standard InChI is InChI=1S/C25H17NO/c1-2-17-9-3-5-11-19(17)21-16-15-18-10-4-6-12-20(18)24(21)25-26-22-13-7-8-14-23(22)27-25/h2-16H,1H2. The quantitative estimate of drug-likeness (QED) is 0.352. The van der Waals surface area contributed by atoms with Crippen molar-refractivity contribution in [1.29, 1.82) is 0 Å². The minimum Gasteiger partial charge on any atom is -0.436 e. The summed E-state index contributed by atoms with van der Waals surface area (Å²) in [6.07, 6.45) is 1.89. The second-order valence-electron chi connectivity index (χ2n) is 6.49. The lowest BCUT2D eigenvalue weighted by molar-refractivity contribution is 0.621. The summed E-state index contributed by atoms with van der Waals surface area (Å²) in [4.78, 5) is 4.78. The van der Waals surface area contributed by atoms with E-state index in [1.807, 2.05) is 42.5 Å². The summed E-state index contributed by atoms with van der Waals surface area (Å²) >= 11 is 0. The van der Waals surface area contributed by atoms with Crippen molar-refractivity contribution in [2.75, 3.05) is 0 Å². The lowest BCUT2D eigenvalue weighted by Crippen LogP contribution is -1.90. The fraction of sp³-hybridized carbons (Fsp3) is 0. The van der Waals surface area contributed by atoms with Crippen LogP contribution in [-0.2, 0) is 0 Å². The van der Waals surface area contributed by atoms with Crippen LogP contribution in [0.15, 0.2) is 95.9 Å². The summed E-state index contributed by atoms with van der Waals surface area (Å²) in [7, 11) is 0. The molecule has 0 spiro atoms. The molecule has 0 aliphatic heterocycles. The van der Waals surface area contributed by atoms with Crippen molar-refractivity contribution in [2.45, 2.75) is 0 Å². The smallest absolute Gasteiger partial charge is 0.228 e. The maximum absolute atomic E-state index is 6.16. The Kier molecular flexibility index (Phi) is 3.61. The van der Waals surface area contributed by atoms with Gasteiger partial charge in [0, 0.05) is 0 Å². The van der Waals surface area contributed by atoms with E-state index in [-0.39, 0.29) is 0 Å². The highest BCUT2D eigenvalue weighted by molar-refractivity contribution is 6.03. The largest absolute Gasteiger partial charge is 0.436 e. The molecule has 0 fully saturated rings. The van der Waals surface area contributed by atoms with E-state index in [0.29, 0.717) is 5.89 Å². The Balaban J connectivity index is 1.89. The van der Waals surface area contributed by atoms with Gasteiger partial charge in [0.1, 0.15) is 5.52 Å². The van der Waals surface area contributed by atoms with Gasteiger partial charge in [-0.05, 0) is 39.6 Å². The van der Waals surface area contributed by atoms with E-state index < -0.39 is 0 Å². The van der Waals surface area contributed by atoms with Crippen molar-refractivity contribution >= 4 is 27.9 Å². The summed E-state index contributed by atoms with van der Waals surface area (Å²) in [6, 6.07) is 28.8. The second kappa shape index (κ2) is 6.26. The Morgan fingerprint density at radius 1 is 0.741 bits per heavy atom. The van der Waals surface area contributed by atoms with Crippen LogP contribution in [0.3, 0.4) is 0 Å². The third-order valence-corrected chi connectivity index (χ3v) is 4.91. The van der Waals surface area contributed by atoms with E-state index in [1.165, 1.54) is 0 Å². The predicted octanol–water partition coefficient (Wildman–Crippen LogP) is 6.96. The van der Waals surface area contributed by atoms with Gasteiger partial charge in [-0.1, -0.05) is 85.5 Å². The van der Waals surface area contributed by atoms with Crippen molar-refractivity contribution in [2.24, 2.45) is 0 Å². The van der Waals surface area contributed by atoms with Gasteiger partial charge in [-0.25, -0.2) is 4.98 Å². The molecule has 2 nitrogen and oxygen atoms in total. The van der Waals surface area contributed by atoms with E-state index in [0.717, 1.165) is 44.1 Å². The second-order valence-corrected chi connectivity index (χ2v) is 6.49. The van der Waals surface area contributed by atoms with Gasteiger partial charge < -0.3 is 4.42 Å². The highest BCUT2D eigenvalue weighted by Gasteiger charge is 2.18. The molecule has 4 aromatic carbocycles. The normalized spacial score (nSPS) is 11.1. The maximum Gasteiger partial charge on any atom is 0.228 e. The molecule has 0 amide bonds. The number of fused-ring (bicyclic) bond motifs is 2. The maximum atomic E-state index is 6.16. The molecule has 0 saturated carbocycles. The van der Waals surface area contributed by atoms with E-state index >= 15 is 0 Å². The Morgan fingerprint density at radius 3 is 2.41 bits per heavy atom. The number of rotatable bonds is 3. The molecule has 1 heterocycles. The highest BCUT2D eigenvalue weighted by Crippen LogP contribution is 2.40. The molecule has 27 heavy (non-hydrogen) atoms. The molecular formula is C25H17NO. The molecule has 0 bridgehead atoms. The van der Waals surface area contributed by atoms with Crippen LogP contribution in [0.25, 0.3) is 50.5 Å². The summed E-state index contributed by atoms with van der Waals surface area (Å²) in [5, 5.41) is 2.29. The molecule has 0 unspecified atom stereocenters. The van der Waals surface area contributed by atoms with Crippen molar-refractivity contribution in [1.82, 2.24) is 4.98 Å². The molecule has 5 rings (SSSR count). The third kappa shape index (κ3) is 2.54. The number of aromatic nitrogens is 1. The first-order valence-corrected chi connectivity index (χ1v) is 8.95. The monoisotopic (exact) mass is 347 g/mol. The molecule has 0 aliphatic carbocycles. The van der Waals surface area contributed by atoms with Gasteiger partial charge in [0.05, 0.1) is 5.56 Å². The summed E-state index contributed by atoms with van der Waals surface area (Å²) in [5.74, 6) is 0.641. The first-order chi connectivity index (χ1) is 13.3. The Labute approximate surface area is 157 Å². The predicted molar refractivity (Wildman–Crippen MR) is 112 cm³/mol. The Hall–Kier alpha value is -3.65. The molecule has 0 saturated heterocycles. The highest BCUT2D eigenvalue weighted by atomic mass is 16.3. The average molecular weight is 347 g/mol. The molecular weight excluding hydrogens is 330 g/mol. The zero-order chi connectivity index (χ0) is 18.2. The fourth-order valence-electron chi connectivity index (χ4n) is 3.63. The van der Waals surface area contributed by atoms with Crippen molar-refractivity contribution in [3.05, 3.63) is 97.1 Å². The van der Waals surface area contributed by atoms with Crippen LogP contribution in [-0.4, -0.2) is 4.98 Å². The lowest BCUT2D eigenvalue weighted by Gasteiger charge is -2.13. The number of oxazole rings is 1. The fourth-order valence-corrected chi connectivity index (χ4v) is 3.63. The van der Waals surface area contributed by atoms with Gasteiger partial charge in [0.25, 0.3) is 0 Å². The summed E-state index contributed by atoms with van der Waals surface area (Å²) in [6.45, 7) is 3.98. The molecule has 5 aromatic rings. The van der Waals surface area contributed by atoms with Gasteiger partial charge in [-0.3, -0.25) is 0 Å². The molecule has 0 radical (unpaired) electrons. The van der Waals surface area contributed by atoms with E-state index in [9.17, 15) is 0 Å². The zero-order valence-electron chi connectivity index (χ0n) is 14.7. The van der Waals surface area contributed by atoms with Gasteiger partial charge in [0.2, 0.25) is 5.89 Å². The Bertz CT molecular complexity index is 1260. The number of nitrogens with zero attached hydrogens (tertiary/aromatic N) is 1. The topological polar surface area (TPSA) is 26.0 Å². The minimum atomic E-state index is 0.641. The number of hydrogen-bond acceptors (Lipinski definition) is 2. The van der Waals surface area contributed by atoms with Crippen LogP contribution in [0, 0.1) is 0 Å². The van der Waals surface area contributed by atoms with Crippen molar-refractivity contribution in [3.8, 4) is 22.6 Å². The van der Waals surface area contributed by atoms with Crippen LogP contribution in [0.4, 0.5) is 0 Å². The van der Waals surface area contributed by atoms with E-state index in [2.05, 4.69) is 55.1 Å². The van der Waals surface area contributed by atoms with Gasteiger partial charge in [-0.2, -0.15) is 0 Å². The average Bonchev–Trinajstić information content (AvgIpc) is 3.16. The van der Waals surface area contributed by atoms with Gasteiger partial charge in [0.15, 0.2) is 5.58 Å². The van der Waals surface area contributed by atoms with E-state index in [1.54, 1.807) is 0 Å². The first kappa shape index (κ1) is 15.6. The van der Waals surface area contributed by atoms with Crippen LogP contribution in [0.1, 0.15) is 5.56 Å². The number of para-hydroxylation sites is 2. The van der Waals surface area contributed by atoms with Crippen molar-refractivity contribution in [3.63, 3.8) is 0 Å².